The summed E-state index contributed by atoms with van der Waals surface area (Å²) in [7, 11) is 1.68. The maximum atomic E-state index is 10.9. The van der Waals surface area contributed by atoms with Crippen LogP contribution < -0.4 is 5.32 Å². The van der Waals surface area contributed by atoms with Gasteiger partial charge in [-0.2, -0.15) is 0 Å². The van der Waals surface area contributed by atoms with E-state index in [1.54, 1.807) is 20.0 Å². The van der Waals surface area contributed by atoms with Crippen molar-refractivity contribution in [1.29, 1.82) is 5.41 Å². The van der Waals surface area contributed by atoms with Gasteiger partial charge in [0.2, 0.25) is 5.96 Å². The van der Waals surface area contributed by atoms with Gasteiger partial charge >= 0.3 is 0 Å². The molecule has 1 heterocycles. The molecule has 0 aromatic carbocycles. The number of nitrogens with zero attached hydrogens (tertiary/aromatic N) is 1. The topological polar surface area (TPSA) is 56.2 Å². The molecule has 0 saturated carbocycles. The molecule has 2 N–H and O–H groups in total. The highest BCUT2D eigenvalue weighted by atomic mass is 16.2. The van der Waals surface area contributed by atoms with Crippen LogP contribution in [-0.4, -0.2) is 23.8 Å². The molecule has 54 valence electrons. The number of allylic oxidation sites excluding steroid dienone is 1. The Morgan fingerprint density at radius 1 is 1.70 bits per heavy atom. The SMILES string of the molecule is C/C=C1\C(=O)NC(=N)N1C. The number of nitrogens with one attached hydrogen (secondary N) is 2. The van der Waals surface area contributed by atoms with E-state index in [0.29, 0.717) is 5.70 Å². The standard InChI is InChI=1S/C6H9N3O/c1-3-4-5(10)8-6(7)9(4)2/h3H,1-2H3,(H2,7,8,10)/b4-3+. The summed E-state index contributed by atoms with van der Waals surface area (Å²) in [5.41, 5.74) is 0.532. The van der Waals surface area contributed by atoms with Crippen LogP contribution in [0, 0.1) is 5.41 Å². The molecule has 0 bridgehead atoms. The van der Waals surface area contributed by atoms with Crippen molar-refractivity contribution in [3.05, 3.63) is 11.8 Å². The highest BCUT2D eigenvalue weighted by molar-refractivity contribution is 6.12. The van der Waals surface area contributed by atoms with Gasteiger partial charge in [0.1, 0.15) is 5.70 Å². The molecule has 0 unspecified atom stereocenters. The Kier molecular flexibility index (Phi) is 1.45. The average molecular weight is 139 g/mol. The van der Waals surface area contributed by atoms with Crippen molar-refractivity contribution in [2.75, 3.05) is 7.05 Å². The van der Waals surface area contributed by atoms with Crippen molar-refractivity contribution < 1.29 is 4.79 Å². The Balaban J connectivity index is 2.95. The van der Waals surface area contributed by atoms with E-state index in [-0.39, 0.29) is 11.9 Å². The van der Waals surface area contributed by atoms with Crippen LogP contribution in [0.1, 0.15) is 6.92 Å². The van der Waals surface area contributed by atoms with E-state index in [4.69, 9.17) is 5.41 Å². The predicted octanol–water partition coefficient (Wildman–Crippen LogP) is -0.113. The molecule has 1 rings (SSSR count). The normalized spacial score (nSPS) is 22.2. The number of guanidine groups is 1. The first-order valence-corrected chi connectivity index (χ1v) is 2.96. The lowest BCUT2D eigenvalue weighted by Crippen LogP contribution is -2.25. The molecule has 1 amide bonds. The molecule has 1 aliphatic heterocycles. The van der Waals surface area contributed by atoms with Crippen LogP contribution in [0.4, 0.5) is 0 Å². The van der Waals surface area contributed by atoms with Crippen molar-refractivity contribution in [2.24, 2.45) is 0 Å². The van der Waals surface area contributed by atoms with Gasteiger partial charge in [-0.15, -0.1) is 0 Å². The smallest absolute Gasteiger partial charge is 0.274 e. The fourth-order valence-corrected chi connectivity index (χ4v) is 0.853. The van der Waals surface area contributed by atoms with E-state index in [1.807, 2.05) is 0 Å². The summed E-state index contributed by atoms with van der Waals surface area (Å²) >= 11 is 0. The monoisotopic (exact) mass is 139 g/mol. The van der Waals surface area contributed by atoms with E-state index in [0.717, 1.165) is 0 Å². The largest absolute Gasteiger partial charge is 0.311 e. The highest BCUT2D eigenvalue weighted by Gasteiger charge is 2.25. The average Bonchev–Trinajstić information content (AvgIpc) is 2.09. The van der Waals surface area contributed by atoms with Crippen molar-refractivity contribution in [3.63, 3.8) is 0 Å². The number of hydrogen-bond donors (Lipinski definition) is 2. The minimum absolute atomic E-state index is 0.137. The zero-order valence-corrected chi connectivity index (χ0v) is 5.93. The summed E-state index contributed by atoms with van der Waals surface area (Å²) in [5.74, 6) is -0.0619. The lowest BCUT2D eigenvalue weighted by molar-refractivity contribution is -0.115. The molecule has 1 saturated heterocycles. The summed E-state index contributed by atoms with van der Waals surface area (Å²) in [5, 5.41) is 9.54. The van der Waals surface area contributed by atoms with Gasteiger partial charge in [-0.3, -0.25) is 15.5 Å². The predicted molar refractivity (Wildman–Crippen MR) is 37.4 cm³/mol. The van der Waals surface area contributed by atoms with Crippen molar-refractivity contribution in [3.8, 4) is 0 Å². The van der Waals surface area contributed by atoms with Crippen LogP contribution in [0.2, 0.25) is 0 Å². The van der Waals surface area contributed by atoms with Crippen LogP contribution in [-0.2, 0) is 4.79 Å². The zero-order valence-electron chi connectivity index (χ0n) is 5.93. The van der Waals surface area contributed by atoms with Crippen LogP contribution in [0.3, 0.4) is 0 Å². The van der Waals surface area contributed by atoms with Gasteiger partial charge in [-0.25, -0.2) is 0 Å². The fourth-order valence-electron chi connectivity index (χ4n) is 0.853. The Bertz CT molecular complexity index is 219. The minimum atomic E-state index is -0.199. The summed E-state index contributed by atoms with van der Waals surface area (Å²) in [6, 6.07) is 0. The Morgan fingerprint density at radius 2 is 2.30 bits per heavy atom. The van der Waals surface area contributed by atoms with E-state index < -0.39 is 0 Å². The summed E-state index contributed by atoms with van der Waals surface area (Å²) in [6.07, 6.45) is 1.68. The van der Waals surface area contributed by atoms with Crippen LogP contribution in [0.15, 0.2) is 11.8 Å². The Hall–Kier alpha value is -1.32. The van der Waals surface area contributed by atoms with Crippen molar-refractivity contribution >= 4 is 11.9 Å². The summed E-state index contributed by atoms with van der Waals surface area (Å²) < 4.78 is 0. The number of rotatable bonds is 0. The van der Waals surface area contributed by atoms with Crippen LogP contribution >= 0.6 is 0 Å². The number of hydrogen-bond acceptors (Lipinski definition) is 2. The lowest BCUT2D eigenvalue weighted by Gasteiger charge is -2.06. The van der Waals surface area contributed by atoms with Crippen LogP contribution in [0.5, 0.6) is 0 Å². The zero-order chi connectivity index (χ0) is 7.72. The molecule has 0 radical (unpaired) electrons. The molecule has 0 aromatic heterocycles. The maximum Gasteiger partial charge on any atom is 0.274 e. The third kappa shape index (κ3) is 0.775. The van der Waals surface area contributed by atoms with E-state index >= 15 is 0 Å². The molecule has 10 heavy (non-hydrogen) atoms. The van der Waals surface area contributed by atoms with Gasteiger partial charge in [0.05, 0.1) is 0 Å². The summed E-state index contributed by atoms with van der Waals surface area (Å²) in [6.45, 7) is 1.77. The second-order valence-corrected chi connectivity index (χ2v) is 2.04. The second kappa shape index (κ2) is 2.13. The number of carbonyl (C=O) groups excluding carboxylic acids is 1. The molecule has 4 nitrogen and oxygen atoms in total. The molecule has 0 aromatic rings. The third-order valence-electron chi connectivity index (χ3n) is 1.43. The molecular weight excluding hydrogens is 130 g/mol. The highest BCUT2D eigenvalue weighted by Crippen LogP contribution is 2.07. The molecular formula is C6H9N3O. The molecule has 1 aliphatic rings. The van der Waals surface area contributed by atoms with Gasteiger partial charge in [-0.05, 0) is 6.92 Å². The van der Waals surface area contributed by atoms with Crippen LogP contribution in [0.25, 0.3) is 0 Å². The van der Waals surface area contributed by atoms with E-state index in [2.05, 4.69) is 5.32 Å². The maximum absolute atomic E-state index is 10.9. The van der Waals surface area contributed by atoms with Gasteiger partial charge in [0.15, 0.2) is 0 Å². The Labute approximate surface area is 59.0 Å². The first-order valence-electron chi connectivity index (χ1n) is 2.96. The van der Waals surface area contributed by atoms with Crippen molar-refractivity contribution in [1.82, 2.24) is 10.2 Å². The lowest BCUT2D eigenvalue weighted by atomic mass is 10.4. The van der Waals surface area contributed by atoms with Gasteiger partial charge in [0, 0.05) is 7.05 Å². The van der Waals surface area contributed by atoms with Gasteiger partial charge in [0.25, 0.3) is 5.91 Å². The molecule has 1 fully saturated rings. The fraction of sp³-hybridized carbons (Fsp3) is 0.333. The Morgan fingerprint density at radius 3 is 2.50 bits per heavy atom. The first kappa shape index (κ1) is 6.80. The second-order valence-electron chi connectivity index (χ2n) is 2.04. The van der Waals surface area contributed by atoms with Crippen molar-refractivity contribution in [2.45, 2.75) is 6.92 Å². The molecule has 0 spiro atoms. The number of amides is 1. The quantitative estimate of drug-likeness (QED) is 0.460. The third-order valence-corrected chi connectivity index (χ3v) is 1.43. The van der Waals surface area contributed by atoms with E-state index in [1.165, 1.54) is 4.90 Å². The molecule has 4 heteroatoms. The molecule has 0 aliphatic carbocycles. The number of likely N-dealkylation sites (N-methyl/N-ethyl adjacent to an activating group) is 1. The van der Waals surface area contributed by atoms with Gasteiger partial charge in [-0.1, -0.05) is 6.08 Å². The summed E-state index contributed by atoms with van der Waals surface area (Å²) in [4.78, 5) is 12.4. The molecule has 0 atom stereocenters. The first-order chi connectivity index (χ1) is 4.66. The van der Waals surface area contributed by atoms with Gasteiger partial charge < -0.3 is 4.90 Å². The number of carbonyl (C=O) groups is 1. The van der Waals surface area contributed by atoms with E-state index in [9.17, 15) is 4.79 Å². The minimum Gasteiger partial charge on any atom is -0.311 e.